The Morgan fingerprint density at radius 1 is 1.07 bits per heavy atom. The molecule has 2 aromatic carbocycles. The van der Waals surface area contributed by atoms with Crippen molar-refractivity contribution in [2.75, 3.05) is 13.1 Å². The Morgan fingerprint density at radius 2 is 1.78 bits per heavy atom. The highest BCUT2D eigenvalue weighted by Gasteiger charge is 2.13. The number of amides is 2. The highest BCUT2D eigenvalue weighted by atomic mass is 16.2. The molecule has 2 amide bonds. The Bertz CT molecular complexity index is 779. The number of rotatable bonds is 9. The predicted molar refractivity (Wildman–Crippen MR) is 105 cm³/mol. The number of nitrogens with one attached hydrogen (secondary N) is 1. The highest BCUT2D eigenvalue weighted by Crippen LogP contribution is 2.10. The summed E-state index contributed by atoms with van der Waals surface area (Å²) >= 11 is 0. The average Bonchev–Trinajstić information content (AvgIpc) is 2.71. The molecule has 0 spiro atoms. The van der Waals surface area contributed by atoms with Gasteiger partial charge in [-0.1, -0.05) is 37.3 Å². The second-order valence-corrected chi connectivity index (χ2v) is 6.35. The minimum absolute atomic E-state index is 0.0789. The number of benzene rings is 2. The summed E-state index contributed by atoms with van der Waals surface area (Å²) in [7, 11) is 0. The summed E-state index contributed by atoms with van der Waals surface area (Å²) in [6, 6.07) is 18.4. The summed E-state index contributed by atoms with van der Waals surface area (Å²) in [5, 5.41) is 11.7. The maximum Gasteiger partial charge on any atom is 0.251 e. The van der Waals surface area contributed by atoms with E-state index in [1.807, 2.05) is 42.2 Å². The van der Waals surface area contributed by atoms with Gasteiger partial charge in [0.15, 0.2) is 0 Å². The van der Waals surface area contributed by atoms with Crippen molar-refractivity contribution in [1.82, 2.24) is 10.2 Å². The number of nitrogens with zero attached hydrogens (tertiary/aromatic N) is 2. The lowest BCUT2D eigenvalue weighted by molar-refractivity contribution is -0.131. The van der Waals surface area contributed by atoms with E-state index in [1.165, 1.54) is 0 Å². The fourth-order valence-electron chi connectivity index (χ4n) is 2.76. The number of carbonyl (C=O) groups excluding carboxylic acids is 2. The molecule has 0 saturated heterocycles. The van der Waals surface area contributed by atoms with Crippen LogP contribution in [0.3, 0.4) is 0 Å². The Labute approximate surface area is 160 Å². The third kappa shape index (κ3) is 6.59. The van der Waals surface area contributed by atoms with Crippen LogP contribution in [0.5, 0.6) is 0 Å². The van der Waals surface area contributed by atoms with Gasteiger partial charge in [-0.15, -0.1) is 0 Å². The molecule has 0 bridgehead atoms. The van der Waals surface area contributed by atoms with Gasteiger partial charge < -0.3 is 10.2 Å². The second kappa shape index (κ2) is 10.8. The van der Waals surface area contributed by atoms with Gasteiger partial charge in [0.25, 0.3) is 5.91 Å². The van der Waals surface area contributed by atoms with E-state index >= 15 is 0 Å². The quantitative estimate of drug-likeness (QED) is 0.693. The zero-order chi connectivity index (χ0) is 19.5. The molecule has 2 rings (SSSR count). The van der Waals surface area contributed by atoms with Gasteiger partial charge >= 0.3 is 0 Å². The van der Waals surface area contributed by atoms with Crippen molar-refractivity contribution in [1.29, 1.82) is 5.26 Å². The molecule has 0 aliphatic heterocycles. The van der Waals surface area contributed by atoms with Crippen molar-refractivity contribution in [3.63, 3.8) is 0 Å². The molecule has 2 aromatic rings. The maximum atomic E-state index is 12.5. The number of nitriles is 1. The van der Waals surface area contributed by atoms with Crippen LogP contribution in [-0.4, -0.2) is 29.8 Å². The van der Waals surface area contributed by atoms with E-state index in [2.05, 4.69) is 11.4 Å². The van der Waals surface area contributed by atoms with Gasteiger partial charge in [-0.05, 0) is 42.7 Å². The van der Waals surface area contributed by atoms with E-state index in [0.29, 0.717) is 43.6 Å². The smallest absolute Gasteiger partial charge is 0.251 e. The standard InChI is InChI=1S/C22H25N3O2/c1-2-15-25(17-19-12-10-18(16-23)11-13-19)21(26)9-6-14-24-22(27)20-7-4-3-5-8-20/h3-5,7-8,10-13H,2,6,9,14-15,17H2,1H3,(H,24,27). The lowest BCUT2D eigenvalue weighted by Gasteiger charge is -2.22. The van der Waals surface area contributed by atoms with Crippen molar-refractivity contribution in [2.24, 2.45) is 0 Å². The van der Waals surface area contributed by atoms with Crippen LogP contribution in [0.4, 0.5) is 0 Å². The molecule has 1 N–H and O–H groups in total. The van der Waals surface area contributed by atoms with Crippen molar-refractivity contribution in [3.8, 4) is 6.07 Å². The van der Waals surface area contributed by atoms with E-state index in [-0.39, 0.29) is 11.8 Å². The van der Waals surface area contributed by atoms with Crippen LogP contribution in [0.2, 0.25) is 0 Å². The molecule has 0 radical (unpaired) electrons. The molecular weight excluding hydrogens is 338 g/mol. The second-order valence-electron chi connectivity index (χ2n) is 6.35. The number of carbonyl (C=O) groups is 2. The maximum absolute atomic E-state index is 12.5. The highest BCUT2D eigenvalue weighted by molar-refractivity contribution is 5.94. The Balaban J connectivity index is 1.80. The molecule has 0 aromatic heterocycles. The van der Waals surface area contributed by atoms with Gasteiger partial charge in [0, 0.05) is 31.6 Å². The van der Waals surface area contributed by atoms with Gasteiger partial charge in [0.1, 0.15) is 0 Å². The van der Waals surface area contributed by atoms with Crippen molar-refractivity contribution in [2.45, 2.75) is 32.7 Å². The first-order valence-corrected chi connectivity index (χ1v) is 9.24. The third-order valence-electron chi connectivity index (χ3n) is 4.19. The average molecular weight is 363 g/mol. The molecule has 0 aliphatic rings. The fraction of sp³-hybridized carbons (Fsp3) is 0.318. The van der Waals surface area contributed by atoms with E-state index in [4.69, 9.17) is 5.26 Å². The van der Waals surface area contributed by atoms with Crippen LogP contribution < -0.4 is 5.32 Å². The molecule has 140 valence electrons. The monoisotopic (exact) mass is 363 g/mol. The van der Waals surface area contributed by atoms with Gasteiger partial charge in [-0.2, -0.15) is 5.26 Å². The fourth-order valence-corrected chi connectivity index (χ4v) is 2.76. The van der Waals surface area contributed by atoms with Gasteiger partial charge in [-0.25, -0.2) is 0 Å². The SMILES string of the molecule is CCCN(Cc1ccc(C#N)cc1)C(=O)CCCNC(=O)c1ccccc1. The Hall–Kier alpha value is -3.13. The number of hydrogen-bond donors (Lipinski definition) is 1. The van der Waals surface area contributed by atoms with E-state index in [1.54, 1.807) is 24.3 Å². The Kier molecular flexibility index (Phi) is 8.05. The van der Waals surface area contributed by atoms with Crippen LogP contribution in [0.15, 0.2) is 54.6 Å². The lowest BCUT2D eigenvalue weighted by Crippen LogP contribution is -2.32. The Morgan fingerprint density at radius 3 is 2.41 bits per heavy atom. The minimum atomic E-state index is -0.119. The predicted octanol–water partition coefficient (Wildman–Crippen LogP) is 3.51. The summed E-state index contributed by atoms with van der Waals surface area (Å²) < 4.78 is 0. The van der Waals surface area contributed by atoms with Crippen molar-refractivity contribution >= 4 is 11.8 Å². The summed E-state index contributed by atoms with van der Waals surface area (Å²) in [5.41, 5.74) is 2.24. The van der Waals surface area contributed by atoms with Crippen LogP contribution in [0.1, 0.15) is 47.7 Å². The first-order chi connectivity index (χ1) is 13.1. The van der Waals surface area contributed by atoms with Crippen LogP contribution in [0.25, 0.3) is 0 Å². The third-order valence-corrected chi connectivity index (χ3v) is 4.19. The minimum Gasteiger partial charge on any atom is -0.352 e. The molecule has 0 heterocycles. The molecule has 0 saturated carbocycles. The van der Waals surface area contributed by atoms with Crippen LogP contribution >= 0.6 is 0 Å². The number of hydrogen-bond acceptors (Lipinski definition) is 3. The summed E-state index contributed by atoms with van der Waals surface area (Å²) in [6.45, 7) is 3.74. The largest absolute Gasteiger partial charge is 0.352 e. The molecular formula is C22H25N3O2. The first-order valence-electron chi connectivity index (χ1n) is 9.24. The summed E-state index contributed by atoms with van der Waals surface area (Å²) in [5.74, 6) is -0.0405. The van der Waals surface area contributed by atoms with Gasteiger partial charge in [0.05, 0.1) is 11.6 Å². The molecule has 0 aliphatic carbocycles. The molecule has 27 heavy (non-hydrogen) atoms. The van der Waals surface area contributed by atoms with Gasteiger partial charge in [0.2, 0.25) is 5.91 Å². The molecule has 0 fully saturated rings. The van der Waals surface area contributed by atoms with E-state index in [9.17, 15) is 9.59 Å². The van der Waals surface area contributed by atoms with Crippen LogP contribution in [0, 0.1) is 11.3 Å². The zero-order valence-electron chi connectivity index (χ0n) is 15.6. The molecule has 5 heteroatoms. The van der Waals surface area contributed by atoms with E-state index in [0.717, 1.165) is 12.0 Å². The molecule has 0 atom stereocenters. The summed E-state index contributed by atoms with van der Waals surface area (Å²) in [4.78, 5) is 26.4. The topological polar surface area (TPSA) is 73.2 Å². The van der Waals surface area contributed by atoms with Crippen LogP contribution in [-0.2, 0) is 11.3 Å². The lowest BCUT2D eigenvalue weighted by atomic mass is 10.1. The molecule has 5 nitrogen and oxygen atoms in total. The normalized spacial score (nSPS) is 10.1. The zero-order valence-corrected chi connectivity index (χ0v) is 15.6. The first kappa shape index (κ1) is 20.2. The summed E-state index contributed by atoms with van der Waals surface area (Å²) in [6.07, 6.45) is 1.88. The van der Waals surface area contributed by atoms with Crippen molar-refractivity contribution < 1.29 is 9.59 Å². The molecule has 0 unspecified atom stereocenters. The van der Waals surface area contributed by atoms with Crippen molar-refractivity contribution in [3.05, 3.63) is 71.3 Å². The van der Waals surface area contributed by atoms with Gasteiger partial charge in [-0.3, -0.25) is 9.59 Å². The van der Waals surface area contributed by atoms with E-state index < -0.39 is 0 Å².